The van der Waals surface area contributed by atoms with E-state index in [2.05, 4.69) is 28.4 Å². The molecule has 2 aromatic rings. The molecule has 0 saturated carbocycles. The maximum Gasteiger partial charge on any atom is 0.325 e. The number of piperazine rings is 1. The molecule has 7 nitrogen and oxygen atoms in total. The van der Waals surface area contributed by atoms with Gasteiger partial charge in [0.15, 0.2) is 0 Å². The number of rotatable bonds is 5. The first-order chi connectivity index (χ1) is 15.9. The second kappa shape index (κ2) is 8.63. The van der Waals surface area contributed by atoms with Gasteiger partial charge in [0.2, 0.25) is 5.91 Å². The van der Waals surface area contributed by atoms with E-state index in [0.29, 0.717) is 13.1 Å². The molecule has 2 aliphatic heterocycles. The maximum absolute atomic E-state index is 13.3. The molecule has 1 aliphatic carbocycles. The highest BCUT2D eigenvalue weighted by molar-refractivity contribution is 6.09. The highest BCUT2D eigenvalue weighted by atomic mass is 16.2. The third-order valence-corrected chi connectivity index (χ3v) is 7.22. The quantitative estimate of drug-likeness (QED) is 0.716. The summed E-state index contributed by atoms with van der Waals surface area (Å²) >= 11 is 0. The third kappa shape index (κ3) is 4.13. The lowest BCUT2D eigenvalue weighted by Crippen LogP contribution is -2.51. The van der Waals surface area contributed by atoms with Gasteiger partial charge >= 0.3 is 6.03 Å². The molecule has 0 radical (unpaired) electrons. The number of hydrogen-bond donors (Lipinski definition) is 1. The van der Waals surface area contributed by atoms with Gasteiger partial charge in [-0.3, -0.25) is 19.4 Å². The average molecular weight is 447 g/mol. The summed E-state index contributed by atoms with van der Waals surface area (Å²) < 4.78 is 0. The van der Waals surface area contributed by atoms with Crippen LogP contribution in [0.1, 0.15) is 35.6 Å². The minimum Gasteiger partial charge on any atom is -0.339 e. The number of nitrogens with zero attached hydrogens (tertiary/aromatic N) is 3. The summed E-state index contributed by atoms with van der Waals surface area (Å²) in [5.41, 5.74) is 3.47. The van der Waals surface area contributed by atoms with E-state index in [1.807, 2.05) is 30.3 Å². The van der Waals surface area contributed by atoms with Gasteiger partial charge in [0.05, 0.1) is 0 Å². The minimum absolute atomic E-state index is 0.184. The Morgan fingerprint density at radius 3 is 2.45 bits per heavy atom. The SMILES string of the molecule is C[C@@]1(c2ccc3c(c2)CCC3)NC(=O)N(CC(=O)N2CCN(Cc3ccccc3)CC2)C1=O. The second-order valence-electron chi connectivity index (χ2n) is 9.43. The molecule has 1 N–H and O–H groups in total. The number of hydrogen-bond acceptors (Lipinski definition) is 4. The van der Waals surface area contributed by atoms with Crippen LogP contribution < -0.4 is 5.32 Å². The van der Waals surface area contributed by atoms with Crippen molar-refractivity contribution in [2.24, 2.45) is 0 Å². The van der Waals surface area contributed by atoms with Gasteiger partial charge in [0.25, 0.3) is 5.91 Å². The molecule has 5 rings (SSSR count). The van der Waals surface area contributed by atoms with Crippen molar-refractivity contribution in [3.63, 3.8) is 0 Å². The Morgan fingerprint density at radius 2 is 1.70 bits per heavy atom. The molecule has 2 fully saturated rings. The Balaban J connectivity index is 1.20. The first-order valence-electron chi connectivity index (χ1n) is 11.7. The zero-order valence-electron chi connectivity index (χ0n) is 19.0. The van der Waals surface area contributed by atoms with Gasteiger partial charge in [0, 0.05) is 32.7 Å². The molecule has 33 heavy (non-hydrogen) atoms. The van der Waals surface area contributed by atoms with Crippen LogP contribution >= 0.6 is 0 Å². The first kappa shape index (κ1) is 21.6. The fourth-order valence-electron chi connectivity index (χ4n) is 5.15. The molecule has 1 atom stereocenters. The summed E-state index contributed by atoms with van der Waals surface area (Å²) in [5.74, 6) is -0.544. The topological polar surface area (TPSA) is 73.0 Å². The molecule has 0 spiro atoms. The van der Waals surface area contributed by atoms with Crippen LogP contribution in [0.2, 0.25) is 0 Å². The molecule has 7 heteroatoms. The Morgan fingerprint density at radius 1 is 0.970 bits per heavy atom. The normalized spacial score (nSPS) is 23.1. The van der Waals surface area contributed by atoms with Crippen molar-refractivity contribution in [3.8, 4) is 0 Å². The predicted octanol–water partition coefficient (Wildman–Crippen LogP) is 2.29. The van der Waals surface area contributed by atoms with Gasteiger partial charge in [-0.25, -0.2) is 4.79 Å². The van der Waals surface area contributed by atoms with E-state index in [9.17, 15) is 14.4 Å². The molecule has 3 aliphatic rings. The standard InChI is InChI=1S/C26H30N4O3/c1-26(22-11-10-20-8-5-9-21(20)16-22)24(32)30(25(33)27-26)18-23(31)29-14-12-28(13-15-29)17-19-6-3-2-4-7-19/h2-4,6-7,10-11,16H,5,8-9,12-15,17-18H2,1H3,(H,27,33)/t26-/m0/s1. The monoisotopic (exact) mass is 446 g/mol. The number of nitrogens with one attached hydrogen (secondary N) is 1. The van der Waals surface area contributed by atoms with E-state index in [1.165, 1.54) is 16.7 Å². The molecule has 0 aromatic heterocycles. The van der Waals surface area contributed by atoms with Gasteiger partial charge in [-0.15, -0.1) is 0 Å². The smallest absolute Gasteiger partial charge is 0.325 e. The van der Waals surface area contributed by atoms with E-state index < -0.39 is 11.6 Å². The van der Waals surface area contributed by atoms with Crippen LogP contribution in [-0.2, 0) is 34.5 Å². The zero-order valence-corrected chi connectivity index (χ0v) is 19.0. The van der Waals surface area contributed by atoms with Crippen molar-refractivity contribution in [1.82, 2.24) is 20.0 Å². The van der Waals surface area contributed by atoms with Gasteiger partial charge in [-0.1, -0.05) is 48.5 Å². The van der Waals surface area contributed by atoms with E-state index >= 15 is 0 Å². The fourth-order valence-corrected chi connectivity index (χ4v) is 5.15. The lowest BCUT2D eigenvalue weighted by atomic mass is 9.89. The van der Waals surface area contributed by atoms with Crippen molar-refractivity contribution in [2.75, 3.05) is 32.7 Å². The van der Waals surface area contributed by atoms with Gasteiger partial charge in [-0.05, 0) is 48.4 Å². The van der Waals surface area contributed by atoms with Crippen molar-refractivity contribution < 1.29 is 14.4 Å². The van der Waals surface area contributed by atoms with E-state index in [-0.39, 0.29) is 18.4 Å². The van der Waals surface area contributed by atoms with Crippen LogP contribution in [0, 0.1) is 0 Å². The Kier molecular flexibility index (Phi) is 5.66. The number of imide groups is 1. The average Bonchev–Trinajstić information content (AvgIpc) is 3.38. The Bertz CT molecular complexity index is 1080. The van der Waals surface area contributed by atoms with Gasteiger partial charge < -0.3 is 10.2 Å². The number of aryl methyl sites for hydroxylation is 2. The summed E-state index contributed by atoms with van der Waals surface area (Å²) in [4.78, 5) is 44.1. The molecular weight excluding hydrogens is 416 g/mol. The molecule has 0 bridgehead atoms. The van der Waals surface area contributed by atoms with Crippen LogP contribution in [0.15, 0.2) is 48.5 Å². The largest absolute Gasteiger partial charge is 0.339 e. The highest BCUT2D eigenvalue weighted by Crippen LogP contribution is 2.32. The van der Waals surface area contributed by atoms with Crippen LogP contribution in [0.4, 0.5) is 4.79 Å². The number of carbonyl (C=O) groups excluding carboxylic acids is 3. The summed E-state index contributed by atoms with van der Waals surface area (Å²) in [6, 6.07) is 15.8. The first-order valence-corrected chi connectivity index (χ1v) is 11.7. The Labute approximate surface area is 194 Å². The summed E-state index contributed by atoms with van der Waals surface area (Å²) in [5, 5.41) is 2.84. The molecule has 2 saturated heterocycles. The second-order valence-corrected chi connectivity index (χ2v) is 9.43. The number of benzene rings is 2. The lowest BCUT2D eigenvalue weighted by molar-refractivity contribution is -0.139. The zero-order chi connectivity index (χ0) is 23.0. The minimum atomic E-state index is -1.14. The van der Waals surface area contributed by atoms with Gasteiger partial charge in [0.1, 0.15) is 12.1 Å². The number of fused-ring (bicyclic) bond motifs is 1. The van der Waals surface area contributed by atoms with Crippen LogP contribution in [0.3, 0.4) is 0 Å². The Hall–Kier alpha value is -3.19. The number of amides is 4. The predicted molar refractivity (Wildman–Crippen MR) is 124 cm³/mol. The van der Waals surface area contributed by atoms with Crippen molar-refractivity contribution >= 4 is 17.8 Å². The molecule has 0 unspecified atom stereocenters. The van der Waals surface area contributed by atoms with Crippen molar-refractivity contribution in [3.05, 3.63) is 70.8 Å². The van der Waals surface area contributed by atoms with E-state index in [1.54, 1.807) is 11.8 Å². The molecule has 172 valence electrons. The molecular formula is C26H30N4O3. The number of urea groups is 1. The van der Waals surface area contributed by atoms with Crippen molar-refractivity contribution in [2.45, 2.75) is 38.3 Å². The molecule has 4 amide bonds. The van der Waals surface area contributed by atoms with Crippen LogP contribution in [-0.4, -0.2) is 65.3 Å². The van der Waals surface area contributed by atoms with Crippen LogP contribution in [0.5, 0.6) is 0 Å². The molecule has 2 aromatic carbocycles. The highest BCUT2D eigenvalue weighted by Gasteiger charge is 2.50. The van der Waals surface area contributed by atoms with Gasteiger partial charge in [-0.2, -0.15) is 0 Å². The fraction of sp³-hybridized carbons (Fsp3) is 0.423. The molecule has 2 heterocycles. The summed E-state index contributed by atoms with van der Waals surface area (Å²) in [6.45, 7) is 5.10. The van der Waals surface area contributed by atoms with Crippen molar-refractivity contribution in [1.29, 1.82) is 0 Å². The summed E-state index contributed by atoms with van der Waals surface area (Å²) in [6.07, 6.45) is 3.18. The van der Waals surface area contributed by atoms with Crippen LogP contribution in [0.25, 0.3) is 0 Å². The maximum atomic E-state index is 13.3. The van der Waals surface area contributed by atoms with E-state index in [0.717, 1.165) is 49.4 Å². The lowest BCUT2D eigenvalue weighted by Gasteiger charge is -2.35. The third-order valence-electron chi connectivity index (χ3n) is 7.22. The number of carbonyl (C=O) groups is 3. The summed E-state index contributed by atoms with van der Waals surface area (Å²) in [7, 11) is 0. The van der Waals surface area contributed by atoms with E-state index in [4.69, 9.17) is 0 Å².